The minimum absolute atomic E-state index is 0.154. The highest BCUT2D eigenvalue weighted by molar-refractivity contribution is 6.22. The van der Waals surface area contributed by atoms with Gasteiger partial charge in [-0.15, -0.1) is 0 Å². The van der Waals surface area contributed by atoms with E-state index in [1.807, 2.05) is 0 Å². The van der Waals surface area contributed by atoms with Crippen LogP contribution >= 0.6 is 0 Å². The minimum Gasteiger partial charge on any atom is -0.457 e. The predicted octanol–water partition coefficient (Wildman–Crippen LogP) is 3.39. The second-order valence-corrected chi connectivity index (χ2v) is 9.19. The molecule has 190 valence electrons. The summed E-state index contributed by atoms with van der Waals surface area (Å²) in [6.45, 7) is 0.833. The van der Waals surface area contributed by atoms with Gasteiger partial charge in [0.1, 0.15) is 11.5 Å². The summed E-state index contributed by atoms with van der Waals surface area (Å²) in [5.41, 5.74) is 1.77. The van der Waals surface area contributed by atoms with Gasteiger partial charge in [0.25, 0.3) is 29.5 Å². The number of imide groups is 2. The number of nitrogens with zero attached hydrogens (tertiary/aromatic N) is 1. The first-order valence-electron chi connectivity index (χ1n) is 12.1. The lowest BCUT2D eigenvalue weighted by atomic mass is 10.1. The van der Waals surface area contributed by atoms with Crippen molar-refractivity contribution in [1.29, 1.82) is 0 Å². The lowest BCUT2D eigenvalue weighted by Crippen LogP contribution is -2.36. The highest BCUT2D eigenvalue weighted by atomic mass is 16.5. The van der Waals surface area contributed by atoms with Gasteiger partial charge in [-0.3, -0.25) is 34.2 Å². The van der Waals surface area contributed by atoms with Gasteiger partial charge < -0.3 is 14.8 Å². The Morgan fingerprint density at radius 1 is 0.868 bits per heavy atom. The number of hydrogen-bond acceptors (Lipinski definition) is 7. The third kappa shape index (κ3) is 4.20. The zero-order chi connectivity index (χ0) is 26.4. The van der Waals surface area contributed by atoms with Crippen LogP contribution in [0.25, 0.3) is 0 Å². The topological polar surface area (TPSA) is 131 Å². The van der Waals surface area contributed by atoms with Crippen molar-refractivity contribution < 1.29 is 33.4 Å². The van der Waals surface area contributed by atoms with Crippen LogP contribution < -0.4 is 15.4 Å². The molecule has 10 nitrogen and oxygen atoms in total. The van der Waals surface area contributed by atoms with Gasteiger partial charge in [-0.1, -0.05) is 0 Å². The van der Waals surface area contributed by atoms with E-state index in [9.17, 15) is 24.0 Å². The van der Waals surface area contributed by atoms with E-state index in [-0.39, 0.29) is 40.8 Å². The molecule has 0 spiro atoms. The highest BCUT2D eigenvalue weighted by Gasteiger charge is 2.38. The van der Waals surface area contributed by atoms with E-state index in [0.717, 1.165) is 12.8 Å². The van der Waals surface area contributed by atoms with Gasteiger partial charge in [-0.25, -0.2) is 0 Å². The molecule has 10 heteroatoms. The molecule has 6 rings (SSSR count). The van der Waals surface area contributed by atoms with Crippen LogP contribution in [0, 0.1) is 0 Å². The molecular weight excluding hydrogens is 490 g/mol. The lowest BCUT2D eigenvalue weighted by Gasteiger charge is -2.17. The Kier molecular flexibility index (Phi) is 5.73. The number of benzene rings is 3. The predicted molar refractivity (Wildman–Crippen MR) is 133 cm³/mol. The van der Waals surface area contributed by atoms with Gasteiger partial charge in [0.2, 0.25) is 0 Å². The van der Waals surface area contributed by atoms with Crippen molar-refractivity contribution >= 4 is 35.2 Å². The standard InChI is InChI=1S/C28H21N3O7/c32-24(15-3-9-21-23(12-15)28(36)31(27(21)35)14-19-2-1-11-37-19)29-16-4-6-17(7-5-16)38-18-8-10-20-22(13-18)26(34)30-25(20)33/h3-10,12-13,19H,1-2,11,14H2,(H,29,32)(H,30,33,34). The third-order valence-electron chi connectivity index (χ3n) is 6.70. The Balaban J connectivity index is 1.12. The number of ether oxygens (including phenoxy) is 2. The summed E-state index contributed by atoms with van der Waals surface area (Å²) in [4.78, 5) is 63.2. The summed E-state index contributed by atoms with van der Waals surface area (Å²) in [6.07, 6.45) is 1.55. The zero-order valence-corrected chi connectivity index (χ0v) is 20.0. The first kappa shape index (κ1) is 23.6. The first-order chi connectivity index (χ1) is 18.4. The van der Waals surface area contributed by atoms with Crippen molar-refractivity contribution in [2.75, 3.05) is 18.5 Å². The smallest absolute Gasteiger partial charge is 0.261 e. The van der Waals surface area contributed by atoms with Crippen LogP contribution in [0.15, 0.2) is 60.7 Å². The Morgan fingerprint density at radius 3 is 2.34 bits per heavy atom. The van der Waals surface area contributed by atoms with Gasteiger partial charge in [0.15, 0.2) is 0 Å². The molecule has 0 bridgehead atoms. The Bertz CT molecular complexity index is 1520. The molecule has 3 aliphatic heterocycles. The van der Waals surface area contributed by atoms with E-state index in [1.54, 1.807) is 30.3 Å². The maximum atomic E-state index is 12.9. The third-order valence-corrected chi connectivity index (χ3v) is 6.70. The highest BCUT2D eigenvalue weighted by Crippen LogP contribution is 2.29. The number of carbonyl (C=O) groups is 5. The first-order valence-corrected chi connectivity index (χ1v) is 12.1. The molecule has 3 aromatic rings. The van der Waals surface area contributed by atoms with Gasteiger partial charge >= 0.3 is 0 Å². The number of anilines is 1. The lowest BCUT2D eigenvalue weighted by molar-refractivity contribution is 0.0475. The Labute approximate surface area is 216 Å². The summed E-state index contributed by atoms with van der Waals surface area (Å²) < 4.78 is 11.3. The largest absolute Gasteiger partial charge is 0.457 e. The molecule has 0 aliphatic carbocycles. The SMILES string of the molecule is O=C(Nc1ccc(Oc2ccc3c(c2)C(=O)NC3=O)cc1)c1ccc2c(c1)C(=O)N(CC1CCCO1)C2=O. The minimum atomic E-state index is -0.471. The van der Waals surface area contributed by atoms with Crippen LogP contribution in [-0.4, -0.2) is 53.7 Å². The fourth-order valence-electron chi connectivity index (χ4n) is 4.75. The molecule has 1 saturated heterocycles. The molecule has 3 aromatic carbocycles. The van der Waals surface area contributed by atoms with E-state index >= 15 is 0 Å². The fourth-order valence-corrected chi connectivity index (χ4v) is 4.75. The molecule has 38 heavy (non-hydrogen) atoms. The molecule has 0 aromatic heterocycles. The van der Waals surface area contributed by atoms with Crippen LogP contribution in [0.5, 0.6) is 11.5 Å². The van der Waals surface area contributed by atoms with Crippen molar-refractivity contribution in [3.05, 3.63) is 88.5 Å². The number of carbonyl (C=O) groups excluding carboxylic acids is 5. The molecule has 0 radical (unpaired) electrons. The van der Waals surface area contributed by atoms with E-state index < -0.39 is 23.6 Å². The molecule has 1 fully saturated rings. The number of fused-ring (bicyclic) bond motifs is 2. The van der Waals surface area contributed by atoms with Gasteiger partial charge in [0, 0.05) is 17.9 Å². The van der Waals surface area contributed by atoms with Crippen molar-refractivity contribution in [2.24, 2.45) is 0 Å². The van der Waals surface area contributed by atoms with E-state index in [2.05, 4.69) is 10.6 Å². The zero-order valence-electron chi connectivity index (χ0n) is 20.0. The summed E-state index contributed by atoms with van der Waals surface area (Å²) in [5.74, 6) is -1.30. The van der Waals surface area contributed by atoms with Crippen LogP contribution in [0.2, 0.25) is 0 Å². The summed E-state index contributed by atoms with van der Waals surface area (Å²) in [5, 5.41) is 5.00. The van der Waals surface area contributed by atoms with E-state index in [4.69, 9.17) is 9.47 Å². The van der Waals surface area contributed by atoms with E-state index in [0.29, 0.717) is 29.4 Å². The molecular formula is C28H21N3O7. The Morgan fingerprint density at radius 2 is 1.58 bits per heavy atom. The number of hydrogen-bond donors (Lipinski definition) is 2. The normalized spacial score (nSPS) is 17.9. The monoisotopic (exact) mass is 511 g/mol. The Hall–Kier alpha value is -4.83. The number of amides is 5. The van der Waals surface area contributed by atoms with Crippen molar-refractivity contribution in [2.45, 2.75) is 18.9 Å². The quantitative estimate of drug-likeness (QED) is 0.485. The summed E-state index contributed by atoms with van der Waals surface area (Å²) in [7, 11) is 0. The van der Waals surface area contributed by atoms with Crippen molar-refractivity contribution in [3.63, 3.8) is 0 Å². The molecule has 1 atom stereocenters. The number of rotatable bonds is 6. The van der Waals surface area contributed by atoms with Gasteiger partial charge in [0.05, 0.1) is 34.9 Å². The molecule has 3 aliphatic rings. The van der Waals surface area contributed by atoms with Crippen LogP contribution in [0.3, 0.4) is 0 Å². The van der Waals surface area contributed by atoms with Crippen molar-refractivity contribution in [1.82, 2.24) is 10.2 Å². The summed E-state index contributed by atoms with van der Waals surface area (Å²) >= 11 is 0. The molecule has 1 unspecified atom stereocenters. The average Bonchev–Trinajstić information content (AvgIpc) is 3.60. The average molecular weight is 511 g/mol. The van der Waals surface area contributed by atoms with Gasteiger partial charge in [-0.05, 0) is 73.5 Å². The fraction of sp³-hybridized carbons (Fsp3) is 0.179. The van der Waals surface area contributed by atoms with Crippen molar-refractivity contribution in [3.8, 4) is 11.5 Å². The number of nitrogens with one attached hydrogen (secondary N) is 2. The second kappa shape index (κ2) is 9.24. The second-order valence-electron chi connectivity index (χ2n) is 9.19. The maximum Gasteiger partial charge on any atom is 0.261 e. The van der Waals surface area contributed by atoms with Gasteiger partial charge in [-0.2, -0.15) is 0 Å². The van der Waals surface area contributed by atoms with Crippen LogP contribution in [0.1, 0.15) is 64.6 Å². The summed E-state index contributed by atoms with van der Waals surface area (Å²) in [6, 6.07) is 15.6. The van der Waals surface area contributed by atoms with Crippen LogP contribution in [-0.2, 0) is 4.74 Å². The molecule has 5 amide bonds. The molecule has 0 saturated carbocycles. The van der Waals surface area contributed by atoms with Crippen LogP contribution in [0.4, 0.5) is 5.69 Å². The van der Waals surface area contributed by atoms with E-state index in [1.165, 1.54) is 35.2 Å². The maximum absolute atomic E-state index is 12.9. The molecule has 2 N–H and O–H groups in total. The molecule has 3 heterocycles.